The molecular weight excluding hydrogens is 208 g/mol. The maximum Gasteiger partial charge on any atom is 0.00200 e. The zero-order chi connectivity index (χ0) is 12.1. The fourth-order valence-electron chi connectivity index (χ4n) is 3.33. The van der Waals surface area contributed by atoms with E-state index in [1.54, 1.807) is 0 Å². The summed E-state index contributed by atoms with van der Waals surface area (Å²) < 4.78 is 0. The summed E-state index contributed by atoms with van der Waals surface area (Å²) in [6, 6.07) is 0. The molecule has 0 aromatic carbocycles. The first-order valence-electron chi connectivity index (χ1n) is 7.66. The van der Waals surface area contributed by atoms with Crippen LogP contribution < -0.4 is 11.1 Å². The molecule has 2 aliphatic rings. The van der Waals surface area contributed by atoms with E-state index in [4.69, 9.17) is 5.73 Å². The highest BCUT2D eigenvalue weighted by atomic mass is 14.9. The van der Waals surface area contributed by atoms with E-state index < -0.39 is 0 Å². The lowest BCUT2D eigenvalue weighted by molar-refractivity contribution is 0.236. The standard InChI is InChI=1S/C15H30N2/c1-13(14-6-7-14)10-17-12-15(11-16)8-4-2-3-5-9-15/h13-14,17H,2-12,16H2,1H3. The molecule has 100 valence electrons. The summed E-state index contributed by atoms with van der Waals surface area (Å²) in [6.45, 7) is 5.62. The van der Waals surface area contributed by atoms with Gasteiger partial charge in [0.25, 0.3) is 0 Å². The highest BCUT2D eigenvalue weighted by molar-refractivity contribution is 4.86. The normalized spacial score (nSPS) is 26.5. The van der Waals surface area contributed by atoms with Gasteiger partial charge < -0.3 is 11.1 Å². The van der Waals surface area contributed by atoms with E-state index >= 15 is 0 Å². The lowest BCUT2D eigenvalue weighted by Gasteiger charge is -2.32. The van der Waals surface area contributed by atoms with Crippen LogP contribution in [0.4, 0.5) is 0 Å². The third kappa shape index (κ3) is 3.96. The molecule has 1 atom stereocenters. The Kier molecular flexibility index (Phi) is 4.87. The molecule has 0 aliphatic heterocycles. The Morgan fingerprint density at radius 2 is 1.82 bits per heavy atom. The van der Waals surface area contributed by atoms with Crippen LogP contribution in [0, 0.1) is 17.3 Å². The summed E-state index contributed by atoms with van der Waals surface area (Å²) >= 11 is 0. The monoisotopic (exact) mass is 238 g/mol. The number of nitrogens with two attached hydrogens (primary N) is 1. The van der Waals surface area contributed by atoms with Gasteiger partial charge in [0.2, 0.25) is 0 Å². The highest BCUT2D eigenvalue weighted by Gasteiger charge is 2.31. The molecule has 2 heteroatoms. The Hall–Kier alpha value is -0.0800. The molecule has 1 unspecified atom stereocenters. The lowest BCUT2D eigenvalue weighted by Crippen LogP contribution is -2.41. The second-order valence-corrected chi connectivity index (χ2v) is 6.56. The minimum Gasteiger partial charge on any atom is -0.330 e. The number of hydrogen-bond donors (Lipinski definition) is 2. The van der Waals surface area contributed by atoms with Gasteiger partial charge in [-0.05, 0) is 56.0 Å². The minimum atomic E-state index is 0.416. The third-order valence-electron chi connectivity index (χ3n) is 4.99. The summed E-state index contributed by atoms with van der Waals surface area (Å²) in [5.41, 5.74) is 6.47. The smallest absolute Gasteiger partial charge is 0.00200 e. The first-order chi connectivity index (χ1) is 8.26. The Labute approximate surface area is 107 Å². The van der Waals surface area contributed by atoms with Crippen LogP contribution in [0.2, 0.25) is 0 Å². The van der Waals surface area contributed by atoms with Gasteiger partial charge in [-0.25, -0.2) is 0 Å². The summed E-state index contributed by atoms with van der Waals surface area (Å²) in [4.78, 5) is 0. The van der Waals surface area contributed by atoms with Crippen LogP contribution in [0.3, 0.4) is 0 Å². The Bertz CT molecular complexity index is 215. The molecule has 2 fully saturated rings. The van der Waals surface area contributed by atoms with E-state index in [-0.39, 0.29) is 0 Å². The number of nitrogens with one attached hydrogen (secondary N) is 1. The molecular formula is C15H30N2. The van der Waals surface area contributed by atoms with Gasteiger partial charge in [0.15, 0.2) is 0 Å². The van der Waals surface area contributed by atoms with Crippen LogP contribution in [-0.2, 0) is 0 Å². The lowest BCUT2D eigenvalue weighted by atomic mass is 9.80. The van der Waals surface area contributed by atoms with Gasteiger partial charge in [0, 0.05) is 6.54 Å². The van der Waals surface area contributed by atoms with Gasteiger partial charge in [-0.2, -0.15) is 0 Å². The summed E-state index contributed by atoms with van der Waals surface area (Å²) in [6.07, 6.45) is 11.2. The van der Waals surface area contributed by atoms with Crippen LogP contribution in [0.15, 0.2) is 0 Å². The maximum absolute atomic E-state index is 6.06. The van der Waals surface area contributed by atoms with Crippen molar-refractivity contribution in [3.05, 3.63) is 0 Å². The van der Waals surface area contributed by atoms with E-state index in [1.807, 2.05) is 0 Å². The topological polar surface area (TPSA) is 38.0 Å². The highest BCUT2D eigenvalue weighted by Crippen LogP contribution is 2.37. The van der Waals surface area contributed by atoms with E-state index in [9.17, 15) is 0 Å². The molecule has 2 rings (SSSR count). The zero-order valence-electron chi connectivity index (χ0n) is 11.5. The van der Waals surface area contributed by atoms with Gasteiger partial charge >= 0.3 is 0 Å². The van der Waals surface area contributed by atoms with Crippen LogP contribution in [0.25, 0.3) is 0 Å². The Balaban J connectivity index is 1.72. The minimum absolute atomic E-state index is 0.416. The Morgan fingerprint density at radius 3 is 2.35 bits per heavy atom. The van der Waals surface area contributed by atoms with Crippen molar-refractivity contribution in [2.75, 3.05) is 19.6 Å². The van der Waals surface area contributed by atoms with Crippen molar-refractivity contribution in [2.24, 2.45) is 23.0 Å². The van der Waals surface area contributed by atoms with E-state index in [1.165, 1.54) is 57.9 Å². The van der Waals surface area contributed by atoms with Crippen molar-refractivity contribution in [1.29, 1.82) is 0 Å². The van der Waals surface area contributed by atoms with Gasteiger partial charge in [-0.3, -0.25) is 0 Å². The number of rotatable bonds is 6. The summed E-state index contributed by atoms with van der Waals surface area (Å²) in [5.74, 6) is 1.89. The van der Waals surface area contributed by atoms with Crippen LogP contribution in [0.1, 0.15) is 58.3 Å². The summed E-state index contributed by atoms with van der Waals surface area (Å²) in [5, 5.41) is 3.72. The molecule has 0 bridgehead atoms. The average Bonchev–Trinajstić information content (AvgIpc) is 3.17. The van der Waals surface area contributed by atoms with Crippen molar-refractivity contribution in [2.45, 2.75) is 58.3 Å². The van der Waals surface area contributed by atoms with Gasteiger partial charge in [-0.15, -0.1) is 0 Å². The average molecular weight is 238 g/mol. The second kappa shape index (κ2) is 6.19. The molecule has 0 spiro atoms. The molecule has 17 heavy (non-hydrogen) atoms. The van der Waals surface area contributed by atoms with E-state index in [0.29, 0.717) is 5.41 Å². The van der Waals surface area contributed by atoms with Crippen LogP contribution in [0.5, 0.6) is 0 Å². The van der Waals surface area contributed by atoms with E-state index in [2.05, 4.69) is 12.2 Å². The molecule has 0 aromatic rings. The first-order valence-corrected chi connectivity index (χ1v) is 7.66. The predicted octanol–water partition coefficient (Wildman–Crippen LogP) is 2.92. The largest absolute Gasteiger partial charge is 0.330 e. The quantitative estimate of drug-likeness (QED) is 0.698. The summed E-state index contributed by atoms with van der Waals surface area (Å²) in [7, 11) is 0. The van der Waals surface area contributed by atoms with Crippen molar-refractivity contribution >= 4 is 0 Å². The van der Waals surface area contributed by atoms with Crippen LogP contribution >= 0.6 is 0 Å². The second-order valence-electron chi connectivity index (χ2n) is 6.56. The van der Waals surface area contributed by atoms with Crippen molar-refractivity contribution in [3.63, 3.8) is 0 Å². The maximum atomic E-state index is 6.06. The van der Waals surface area contributed by atoms with Gasteiger partial charge in [0.05, 0.1) is 0 Å². The third-order valence-corrected chi connectivity index (χ3v) is 4.99. The predicted molar refractivity (Wildman–Crippen MR) is 73.9 cm³/mol. The first kappa shape index (κ1) is 13.4. The molecule has 2 saturated carbocycles. The molecule has 2 nitrogen and oxygen atoms in total. The molecule has 0 aromatic heterocycles. The molecule has 0 amide bonds. The van der Waals surface area contributed by atoms with Gasteiger partial charge in [-0.1, -0.05) is 32.6 Å². The molecule has 0 radical (unpaired) electrons. The molecule has 0 heterocycles. The van der Waals surface area contributed by atoms with Crippen molar-refractivity contribution in [1.82, 2.24) is 5.32 Å². The van der Waals surface area contributed by atoms with E-state index in [0.717, 1.165) is 24.9 Å². The molecule has 2 aliphatic carbocycles. The fourth-order valence-corrected chi connectivity index (χ4v) is 3.33. The number of hydrogen-bond acceptors (Lipinski definition) is 2. The zero-order valence-corrected chi connectivity index (χ0v) is 11.5. The molecule has 3 N–H and O–H groups in total. The van der Waals surface area contributed by atoms with Crippen molar-refractivity contribution in [3.8, 4) is 0 Å². The van der Waals surface area contributed by atoms with Crippen molar-refractivity contribution < 1.29 is 0 Å². The van der Waals surface area contributed by atoms with Crippen LogP contribution in [-0.4, -0.2) is 19.6 Å². The Morgan fingerprint density at radius 1 is 1.18 bits per heavy atom. The van der Waals surface area contributed by atoms with Gasteiger partial charge in [0.1, 0.15) is 0 Å². The molecule has 0 saturated heterocycles. The SMILES string of the molecule is CC(CNCC1(CN)CCCCCC1)C1CC1. The fraction of sp³-hybridized carbons (Fsp3) is 1.00.